The van der Waals surface area contributed by atoms with Gasteiger partial charge in [-0.15, -0.1) is 0 Å². The molecule has 150 valence electrons. The highest BCUT2D eigenvalue weighted by Gasteiger charge is 2.18. The van der Waals surface area contributed by atoms with E-state index < -0.39 is 0 Å². The minimum absolute atomic E-state index is 0.255. The predicted octanol–water partition coefficient (Wildman–Crippen LogP) is 4.04. The van der Waals surface area contributed by atoms with Gasteiger partial charge >= 0.3 is 0 Å². The molecule has 4 rings (SSSR count). The van der Waals surface area contributed by atoms with Crippen LogP contribution in [0.1, 0.15) is 47.8 Å². The SMILES string of the molecule is CC1CCCCN1Cc1ccc(CNC(=O)c2cc(-c3cccnc3)on2)cc1. The van der Waals surface area contributed by atoms with E-state index in [1.807, 2.05) is 12.1 Å². The third-order valence-corrected chi connectivity index (χ3v) is 5.49. The van der Waals surface area contributed by atoms with Crippen LogP contribution in [0.5, 0.6) is 0 Å². The summed E-state index contributed by atoms with van der Waals surface area (Å²) in [5.41, 5.74) is 3.42. The van der Waals surface area contributed by atoms with Crippen molar-refractivity contribution < 1.29 is 9.32 Å². The average Bonchev–Trinajstić information content (AvgIpc) is 3.26. The van der Waals surface area contributed by atoms with E-state index in [0.29, 0.717) is 18.3 Å². The molecule has 0 radical (unpaired) electrons. The van der Waals surface area contributed by atoms with Crippen LogP contribution in [0.2, 0.25) is 0 Å². The van der Waals surface area contributed by atoms with Crippen LogP contribution in [-0.2, 0) is 13.1 Å². The van der Waals surface area contributed by atoms with Crippen molar-refractivity contribution in [2.24, 2.45) is 0 Å². The van der Waals surface area contributed by atoms with Crippen LogP contribution < -0.4 is 5.32 Å². The van der Waals surface area contributed by atoms with Gasteiger partial charge in [-0.05, 0) is 49.6 Å². The Balaban J connectivity index is 1.31. The number of aromatic nitrogens is 2. The highest BCUT2D eigenvalue weighted by atomic mass is 16.5. The van der Waals surface area contributed by atoms with Crippen molar-refractivity contribution in [1.29, 1.82) is 0 Å². The number of nitrogens with zero attached hydrogens (tertiary/aromatic N) is 3. The molecule has 1 atom stereocenters. The van der Waals surface area contributed by atoms with Gasteiger partial charge in [-0.2, -0.15) is 0 Å². The summed E-state index contributed by atoms with van der Waals surface area (Å²) in [5, 5.41) is 6.77. The van der Waals surface area contributed by atoms with E-state index in [4.69, 9.17) is 4.52 Å². The second-order valence-corrected chi connectivity index (χ2v) is 7.63. The number of amides is 1. The van der Waals surface area contributed by atoms with Gasteiger partial charge in [-0.1, -0.05) is 35.8 Å². The molecule has 0 bridgehead atoms. The summed E-state index contributed by atoms with van der Waals surface area (Å²) in [5.74, 6) is 0.273. The first-order chi connectivity index (χ1) is 14.2. The number of nitrogens with one attached hydrogen (secondary N) is 1. The number of likely N-dealkylation sites (tertiary alicyclic amines) is 1. The Bertz CT molecular complexity index is 937. The number of carbonyl (C=O) groups is 1. The largest absolute Gasteiger partial charge is 0.355 e. The Labute approximate surface area is 170 Å². The fourth-order valence-electron chi connectivity index (χ4n) is 3.69. The Morgan fingerprint density at radius 1 is 1.21 bits per heavy atom. The molecule has 1 aromatic carbocycles. The lowest BCUT2D eigenvalue weighted by Crippen LogP contribution is -2.36. The van der Waals surface area contributed by atoms with Crippen molar-refractivity contribution in [2.75, 3.05) is 6.54 Å². The van der Waals surface area contributed by atoms with Gasteiger partial charge in [-0.25, -0.2) is 0 Å². The lowest BCUT2D eigenvalue weighted by atomic mass is 10.0. The lowest BCUT2D eigenvalue weighted by Gasteiger charge is -2.33. The average molecular weight is 390 g/mol. The number of hydrogen-bond acceptors (Lipinski definition) is 5. The predicted molar refractivity (Wildman–Crippen MR) is 111 cm³/mol. The zero-order valence-electron chi connectivity index (χ0n) is 16.7. The van der Waals surface area contributed by atoms with Gasteiger partial charge in [0, 0.05) is 43.2 Å². The topological polar surface area (TPSA) is 71.3 Å². The van der Waals surface area contributed by atoms with Crippen LogP contribution >= 0.6 is 0 Å². The molecule has 1 aliphatic rings. The van der Waals surface area contributed by atoms with E-state index in [-0.39, 0.29) is 11.6 Å². The molecule has 1 fully saturated rings. The van der Waals surface area contributed by atoms with Crippen molar-refractivity contribution in [2.45, 2.75) is 45.3 Å². The Morgan fingerprint density at radius 2 is 2.03 bits per heavy atom. The smallest absolute Gasteiger partial charge is 0.273 e. The minimum atomic E-state index is -0.255. The monoisotopic (exact) mass is 390 g/mol. The maximum Gasteiger partial charge on any atom is 0.273 e. The molecule has 1 unspecified atom stereocenters. The maximum absolute atomic E-state index is 12.4. The Hall–Kier alpha value is -2.99. The molecule has 0 saturated carbocycles. The standard InChI is InChI=1S/C23H26N4O2/c1-17-5-2-3-12-27(17)16-19-9-7-18(8-10-19)14-25-23(28)21-13-22(29-26-21)20-6-4-11-24-15-20/h4,6-11,13,15,17H,2-3,5,12,14,16H2,1H3,(H,25,28). The molecule has 6 heteroatoms. The van der Waals surface area contributed by atoms with Crippen molar-refractivity contribution >= 4 is 5.91 Å². The first-order valence-electron chi connectivity index (χ1n) is 10.2. The summed E-state index contributed by atoms with van der Waals surface area (Å²) in [6.45, 7) is 4.93. The van der Waals surface area contributed by atoms with Crippen molar-refractivity contribution in [3.63, 3.8) is 0 Å². The summed E-state index contributed by atoms with van der Waals surface area (Å²) < 4.78 is 5.26. The summed E-state index contributed by atoms with van der Waals surface area (Å²) in [7, 11) is 0. The Kier molecular flexibility index (Phi) is 6.00. The van der Waals surface area contributed by atoms with Crippen molar-refractivity contribution in [1.82, 2.24) is 20.4 Å². The minimum Gasteiger partial charge on any atom is -0.355 e. The van der Waals surface area contributed by atoms with E-state index >= 15 is 0 Å². The van der Waals surface area contributed by atoms with Gasteiger partial charge < -0.3 is 9.84 Å². The molecular formula is C23H26N4O2. The van der Waals surface area contributed by atoms with Crippen molar-refractivity contribution in [3.05, 3.63) is 71.7 Å². The van der Waals surface area contributed by atoms with E-state index in [9.17, 15) is 4.79 Å². The lowest BCUT2D eigenvalue weighted by molar-refractivity contribution is 0.0942. The third-order valence-electron chi connectivity index (χ3n) is 5.49. The second-order valence-electron chi connectivity index (χ2n) is 7.63. The van der Waals surface area contributed by atoms with E-state index in [0.717, 1.165) is 17.7 Å². The summed E-state index contributed by atoms with van der Waals surface area (Å²) in [6, 6.07) is 14.4. The van der Waals surface area contributed by atoms with E-state index in [1.54, 1.807) is 18.5 Å². The van der Waals surface area contributed by atoms with Gasteiger partial charge in [0.1, 0.15) is 0 Å². The highest BCUT2D eigenvalue weighted by molar-refractivity contribution is 5.93. The molecule has 2 aromatic heterocycles. The molecule has 1 aliphatic heterocycles. The quantitative estimate of drug-likeness (QED) is 0.688. The first kappa shape index (κ1) is 19.3. The number of rotatable bonds is 6. The first-order valence-corrected chi connectivity index (χ1v) is 10.2. The van der Waals surface area contributed by atoms with Crippen LogP contribution in [0.15, 0.2) is 59.4 Å². The normalized spacial score (nSPS) is 17.2. The summed E-state index contributed by atoms with van der Waals surface area (Å²) in [4.78, 5) is 19.0. The van der Waals surface area contributed by atoms with E-state index in [2.05, 4.69) is 51.5 Å². The third kappa shape index (κ3) is 4.90. The number of carbonyl (C=O) groups excluding carboxylic acids is 1. The molecular weight excluding hydrogens is 364 g/mol. The highest BCUT2D eigenvalue weighted by Crippen LogP contribution is 2.20. The summed E-state index contributed by atoms with van der Waals surface area (Å²) >= 11 is 0. The second kappa shape index (κ2) is 9.01. The number of hydrogen-bond donors (Lipinski definition) is 1. The fraction of sp³-hybridized carbons (Fsp3) is 0.348. The van der Waals surface area contributed by atoms with Crippen LogP contribution in [0.4, 0.5) is 0 Å². The van der Waals surface area contributed by atoms with Gasteiger partial charge in [0.25, 0.3) is 5.91 Å². The molecule has 3 aromatic rings. The zero-order chi connectivity index (χ0) is 20.1. The maximum atomic E-state index is 12.4. The molecule has 29 heavy (non-hydrogen) atoms. The van der Waals surface area contributed by atoms with Crippen molar-refractivity contribution in [3.8, 4) is 11.3 Å². The fourth-order valence-corrected chi connectivity index (χ4v) is 3.69. The number of piperidine rings is 1. The number of benzene rings is 1. The van der Waals surface area contributed by atoms with E-state index in [1.165, 1.54) is 31.4 Å². The van der Waals surface area contributed by atoms with Crippen LogP contribution in [-0.4, -0.2) is 33.5 Å². The van der Waals surface area contributed by atoms with Gasteiger partial charge in [0.2, 0.25) is 0 Å². The molecule has 0 spiro atoms. The van der Waals surface area contributed by atoms with Crippen LogP contribution in [0, 0.1) is 0 Å². The molecule has 3 heterocycles. The zero-order valence-corrected chi connectivity index (χ0v) is 16.7. The van der Waals surface area contributed by atoms with Gasteiger partial charge in [0.15, 0.2) is 11.5 Å². The Morgan fingerprint density at radius 3 is 2.79 bits per heavy atom. The molecule has 6 nitrogen and oxygen atoms in total. The number of pyridine rings is 1. The molecule has 1 amide bonds. The molecule has 0 aliphatic carbocycles. The molecule has 1 N–H and O–H groups in total. The van der Waals surface area contributed by atoms with Crippen LogP contribution in [0.25, 0.3) is 11.3 Å². The molecule has 1 saturated heterocycles. The van der Waals surface area contributed by atoms with Gasteiger partial charge in [-0.3, -0.25) is 14.7 Å². The van der Waals surface area contributed by atoms with Crippen LogP contribution in [0.3, 0.4) is 0 Å². The summed E-state index contributed by atoms with van der Waals surface area (Å²) in [6.07, 6.45) is 7.28. The van der Waals surface area contributed by atoms with Gasteiger partial charge in [0.05, 0.1) is 0 Å².